The third kappa shape index (κ3) is 4.98. The molecule has 156 valence electrons. The van der Waals surface area contributed by atoms with Gasteiger partial charge < -0.3 is 14.0 Å². The highest BCUT2D eigenvalue weighted by molar-refractivity contribution is 9.10. The number of rotatable bonds is 6. The van der Waals surface area contributed by atoms with Gasteiger partial charge in [-0.15, -0.1) is 0 Å². The zero-order valence-corrected chi connectivity index (χ0v) is 18.2. The van der Waals surface area contributed by atoms with Crippen molar-refractivity contribution in [3.63, 3.8) is 0 Å². The Hall–Kier alpha value is -3.33. The number of nitrogens with zero attached hydrogens (tertiary/aromatic N) is 1. The minimum absolute atomic E-state index is 0.256. The predicted molar refractivity (Wildman–Crippen MR) is 112 cm³/mol. The fourth-order valence-electron chi connectivity index (χ4n) is 2.65. The van der Waals surface area contributed by atoms with Gasteiger partial charge in [-0.05, 0) is 56.3 Å². The molecule has 2 aromatic carbocycles. The van der Waals surface area contributed by atoms with Gasteiger partial charge in [0.1, 0.15) is 12.4 Å². The molecule has 3 rings (SSSR count). The summed E-state index contributed by atoms with van der Waals surface area (Å²) in [6.07, 6.45) is 0. The average Bonchev–Trinajstić information content (AvgIpc) is 3.07. The molecule has 0 aliphatic rings. The molecule has 0 atom stereocenters. The Balaban J connectivity index is 1.63. The van der Waals surface area contributed by atoms with Crippen molar-refractivity contribution in [2.24, 2.45) is 0 Å². The number of methoxy groups -OCH3 is 1. The molecule has 0 aliphatic carbocycles. The van der Waals surface area contributed by atoms with Gasteiger partial charge in [-0.1, -0.05) is 21.1 Å². The van der Waals surface area contributed by atoms with Gasteiger partial charge in [0.2, 0.25) is 0 Å². The number of aryl methyl sites for hydroxylation is 2. The average molecular weight is 474 g/mol. The van der Waals surface area contributed by atoms with Gasteiger partial charge in [-0.2, -0.15) is 0 Å². The Kier molecular flexibility index (Phi) is 6.73. The fourth-order valence-corrected chi connectivity index (χ4v) is 2.91. The van der Waals surface area contributed by atoms with E-state index in [2.05, 4.69) is 31.9 Å². The number of hydrazine groups is 1. The summed E-state index contributed by atoms with van der Waals surface area (Å²) in [5, 5.41) is 3.89. The molecule has 0 saturated carbocycles. The lowest BCUT2D eigenvalue weighted by atomic mass is 10.2. The van der Waals surface area contributed by atoms with Gasteiger partial charge in [-0.3, -0.25) is 20.4 Å². The zero-order chi connectivity index (χ0) is 21.7. The van der Waals surface area contributed by atoms with Gasteiger partial charge in [0.25, 0.3) is 11.8 Å². The van der Waals surface area contributed by atoms with E-state index < -0.39 is 11.8 Å². The molecule has 1 heterocycles. The molecule has 1 aromatic heterocycles. The lowest BCUT2D eigenvalue weighted by Crippen LogP contribution is -2.41. The van der Waals surface area contributed by atoms with Crippen LogP contribution in [0.3, 0.4) is 0 Å². The van der Waals surface area contributed by atoms with Crippen molar-refractivity contribution < 1.29 is 23.6 Å². The predicted octanol–water partition coefficient (Wildman–Crippen LogP) is 3.72. The van der Waals surface area contributed by atoms with Gasteiger partial charge in [0, 0.05) is 15.6 Å². The Bertz CT molecular complexity index is 1040. The van der Waals surface area contributed by atoms with Crippen LogP contribution in [0.5, 0.6) is 11.5 Å². The van der Waals surface area contributed by atoms with E-state index >= 15 is 0 Å². The molecular formula is C21H20BrN3O5. The summed E-state index contributed by atoms with van der Waals surface area (Å²) in [6.45, 7) is 3.90. The summed E-state index contributed by atoms with van der Waals surface area (Å²) in [7, 11) is 1.48. The molecule has 0 radical (unpaired) electrons. The number of hydrogen-bond donors (Lipinski definition) is 2. The maximum atomic E-state index is 12.4. The van der Waals surface area contributed by atoms with E-state index in [9.17, 15) is 9.59 Å². The SMILES string of the molecule is COc1cc(C(=O)NNC(=O)c2ccc(Br)cc2)ccc1OCc1c(C)noc1C. The Morgan fingerprint density at radius 3 is 2.23 bits per heavy atom. The first-order chi connectivity index (χ1) is 14.4. The maximum Gasteiger partial charge on any atom is 0.269 e. The number of carbonyl (C=O) groups excluding carboxylic acids is 2. The van der Waals surface area contributed by atoms with E-state index in [1.165, 1.54) is 13.2 Å². The van der Waals surface area contributed by atoms with Crippen molar-refractivity contribution in [1.82, 2.24) is 16.0 Å². The molecular weight excluding hydrogens is 454 g/mol. The highest BCUT2D eigenvalue weighted by atomic mass is 79.9. The van der Waals surface area contributed by atoms with Crippen molar-refractivity contribution >= 4 is 27.7 Å². The van der Waals surface area contributed by atoms with Gasteiger partial charge in [0.15, 0.2) is 11.5 Å². The van der Waals surface area contributed by atoms with Crippen LogP contribution in [0.1, 0.15) is 37.7 Å². The first-order valence-corrected chi connectivity index (χ1v) is 9.77. The van der Waals surface area contributed by atoms with Crippen LogP contribution in [-0.2, 0) is 6.61 Å². The summed E-state index contributed by atoms with van der Waals surface area (Å²) in [4.78, 5) is 24.5. The van der Waals surface area contributed by atoms with Gasteiger partial charge in [0.05, 0.1) is 18.4 Å². The van der Waals surface area contributed by atoms with Crippen LogP contribution in [-0.4, -0.2) is 24.1 Å². The molecule has 30 heavy (non-hydrogen) atoms. The van der Waals surface area contributed by atoms with E-state index in [1.54, 1.807) is 36.4 Å². The van der Waals surface area contributed by atoms with E-state index in [4.69, 9.17) is 14.0 Å². The molecule has 0 spiro atoms. The molecule has 0 unspecified atom stereocenters. The first-order valence-electron chi connectivity index (χ1n) is 8.98. The molecule has 0 aliphatic heterocycles. The Morgan fingerprint density at radius 1 is 1.00 bits per heavy atom. The number of carbonyl (C=O) groups is 2. The highest BCUT2D eigenvalue weighted by Crippen LogP contribution is 2.29. The molecule has 0 saturated heterocycles. The van der Waals surface area contributed by atoms with Crippen LogP contribution in [0.4, 0.5) is 0 Å². The van der Waals surface area contributed by atoms with Crippen LogP contribution in [0.2, 0.25) is 0 Å². The van der Waals surface area contributed by atoms with Crippen molar-refractivity contribution in [1.29, 1.82) is 0 Å². The second-order valence-corrected chi connectivity index (χ2v) is 7.29. The third-order valence-electron chi connectivity index (χ3n) is 4.38. The number of amides is 2. The smallest absolute Gasteiger partial charge is 0.269 e. The van der Waals surface area contributed by atoms with Crippen LogP contribution >= 0.6 is 15.9 Å². The summed E-state index contributed by atoms with van der Waals surface area (Å²) < 4.78 is 17.1. The molecule has 0 bridgehead atoms. The first kappa shape index (κ1) is 21.4. The summed E-state index contributed by atoms with van der Waals surface area (Å²) in [6, 6.07) is 11.5. The molecule has 3 aromatic rings. The van der Waals surface area contributed by atoms with Crippen LogP contribution in [0, 0.1) is 13.8 Å². The van der Waals surface area contributed by atoms with Crippen molar-refractivity contribution in [3.8, 4) is 11.5 Å². The number of aromatic nitrogens is 1. The summed E-state index contributed by atoms with van der Waals surface area (Å²) in [5.41, 5.74) is 7.09. The number of nitrogens with one attached hydrogen (secondary N) is 2. The largest absolute Gasteiger partial charge is 0.493 e. The fraction of sp³-hybridized carbons (Fsp3) is 0.190. The third-order valence-corrected chi connectivity index (χ3v) is 4.90. The summed E-state index contributed by atoms with van der Waals surface area (Å²) >= 11 is 3.30. The van der Waals surface area contributed by atoms with Crippen LogP contribution < -0.4 is 20.3 Å². The number of benzene rings is 2. The molecule has 8 nitrogen and oxygen atoms in total. The second kappa shape index (κ2) is 9.45. The maximum absolute atomic E-state index is 12.4. The Morgan fingerprint density at radius 2 is 1.63 bits per heavy atom. The normalized spacial score (nSPS) is 10.4. The van der Waals surface area contributed by atoms with Crippen molar-refractivity contribution in [3.05, 3.63) is 75.1 Å². The van der Waals surface area contributed by atoms with Crippen LogP contribution in [0.15, 0.2) is 51.5 Å². The lowest BCUT2D eigenvalue weighted by Gasteiger charge is -2.13. The minimum Gasteiger partial charge on any atom is -0.493 e. The second-order valence-electron chi connectivity index (χ2n) is 6.37. The molecule has 2 N–H and O–H groups in total. The lowest BCUT2D eigenvalue weighted by molar-refractivity contribution is 0.0846. The number of halogens is 1. The highest BCUT2D eigenvalue weighted by Gasteiger charge is 2.15. The number of hydrogen-bond acceptors (Lipinski definition) is 6. The zero-order valence-electron chi connectivity index (χ0n) is 16.6. The number of ether oxygens (including phenoxy) is 2. The molecule has 9 heteroatoms. The van der Waals surface area contributed by atoms with E-state index in [-0.39, 0.29) is 6.61 Å². The van der Waals surface area contributed by atoms with Gasteiger partial charge >= 0.3 is 0 Å². The van der Waals surface area contributed by atoms with E-state index in [1.807, 2.05) is 13.8 Å². The van der Waals surface area contributed by atoms with Crippen LogP contribution in [0.25, 0.3) is 0 Å². The standard InChI is InChI=1S/C21H20BrN3O5/c1-12-17(13(2)30-25-12)11-29-18-9-6-15(10-19(18)28-3)21(27)24-23-20(26)14-4-7-16(22)8-5-14/h4-10H,11H2,1-3H3,(H,23,26)(H,24,27). The van der Waals surface area contributed by atoms with Crippen molar-refractivity contribution in [2.75, 3.05) is 7.11 Å². The monoisotopic (exact) mass is 473 g/mol. The quantitative estimate of drug-likeness (QED) is 0.528. The topological polar surface area (TPSA) is 103 Å². The van der Waals surface area contributed by atoms with Crippen molar-refractivity contribution in [2.45, 2.75) is 20.5 Å². The molecule has 2 amide bonds. The minimum atomic E-state index is -0.490. The van der Waals surface area contributed by atoms with E-state index in [0.29, 0.717) is 28.4 Å². The summed E-state index contributed by atoms with van der Waals surface area (Å²) in [5.74, 6) is 0.615. The molecule has 0 fully saturated rings. The Labute approximate surface area is 181 Å². The van der Waals surface area contributed by atoms with Gasteiger partial charge in [-0.25, -0.2) is 0 Å². The van der Waals surface area contributed by atoms with E-state index in [0.717, 1.165) is 15.7 Å².